The van der Waals surface area contributed by atoms with E-state index in [9.17, 15) is 9.59 Å². The molecule has 0 radical (unpaired) electrons. The van der Waals surface area contributed by atoms with E-state index in [1.807, 2.05) is 26.2 Å². The van der Waals surface area contributed by atoms with Crippen LogP contribution >= 0.6 is 11.3 Å². The second-order valence-corrected chi connectivity index (χ2v) is 8.90. The van der Waals surface area contributed by atoms with E-state index >= 15 is 0 Å². The number of carbonyl (C=O) groups is 2. The molecule has 1 aromatic carbocycles. The Morgan fingerprint density at radius 3 is 2.79 bits per heavy atom. The average Bonchev–Trinajstić information content (AvgIpc) is 3.14. The molecule has 0 unspecified atom stereocenters. The van der Waals surface area contributed by atoms with Crippen LogP contribution in [0.3, 0.4) is 0 Å². The van der Waals surface area contributed by atoms with Gasteiger partial charge in [0.2, 0.25) is 5.91 Å². The predicted molar refractivity (Wildman–Crippen MR) is 116 cm³/mol. The predicted octanol–water partition coefficient (Wildman–Crippen LogP) is 3.84. The lowest BCUT2D eigenvalue weighted by Crippen LogP contribution is -2.44. The number of rotatable bonds is 5. The van der Waals surface area contributed by atoms with E-state index in [-0.39, 0.29) is 11.9 Å². The number of ether oxygens (including phenoxy) is 1. The molecule has 3 amide bonds. The van der Waals surface area contributed by atoms with Gasteiger partial charge in [0.15, 0.2) is 0 Å². The summed E-state index contributed by atoms with van der Waals surface area (Å²) >= 11 is 1.64. The Kier molecular flexibility index (Phi) is 6.42. The van der Waals surface area contributed by atoms with Gasteiger partial charge in [0.1, 0.15) is 12.4 Å². The molecule has 2 aromatic rings. The molecule has 8 heteroatoms. The molecule has 1 aromatic heterocycles. The topological polar surface area (TPSA) is 83.6 Å². The van der Waals surface area contributed by atoms with Crippen molar-refractivity contribution in [3.8, 4) is 5.75 Å². The van der Waals surface area contributed by atoms with Crippen molar-refractivity contribution in [2.24, 2.45) is 5.41 Å². The van der Waals surface area contributed by atoms with Gasteiger partial charge in [-0.3, -0.25) is 4.79 Å². The van der Waals surface area contributed by atoms with Crippen LogP contribution in [0.5, 0.6) is 5.75 Å². The number of fused-ring (bicyclic) bond motifs is 1. The van der Waals surface area contributed by atoms with Crippen LogP contribution in [0.2, 0.25) is 0 Å². The Bertz CT molecular complexity index is 888. The normalized spacial score (nSPS) is 13.4. The van der Waals surface area contributed by atoms with Gasteiger partial charge < -0.3 is 20.3 Å². The van der Waals surface area contributed by atoms with Crippen molar-refractivity contribution < 1.29 is 14.3 Å². The van der Waals surface area contributed by atoms with Gasteiger partial charge in [-0.15, -0.1) is 11.3 Å². The highest BCUT2D eigenvalue weighted by Crippen LogP contribution is 2.36. The minimum Gasteiger partial charge on any atom is -0.490 e. The molecule has 7 nitrogen and oxygen atoms in total. The van der Waals surface area contributed by atoms with E-state index < -0.39 is 5.41 Å². The molecule has 2 N–H and O–H groups in total. The molecule has 0 saturated heterocycles. The fraction of sp³-hybridized carbons (Fsp3) is 0.476. The molecule has 0 aliphatic carbocycles. The van der Waals surface area contributed by atoms with Gasteiger partial charge >= 0.3 is 6.03 Å². The first kappa shape index (κ1) is 21.1. The van der Waals surface area contributed by atoms with Crippen molar-refractivity contribution in [1.82, 2.24) is 10.3 Å². The molecule has 2 heterocycles. The number of nitrogens with one attached hydrogen (secondary N) is 2. The number of amides is 3. The zero-order valence-electron chi connectivity index (χ0n) is 17.4. The Balaban J connectivity index is 1.61. The zero-order valence-corrected chi connectivity index (χ0v) is 18.2. The molecule has 0 bridgehead atoms. The molecule has 1 aliphatic heterocycles. The van der Waals surface area contributed by atoms with Crippen LogP contribution in [0.15, 0.2) is 23.6 Å². The van der Waals surface area contributed by atoms with Gasteiger partial charge in [-0.2, -0.15) is 0 Å². The maximum Gasteiger partial charge on any atom is 0.319 e. The summed E-state index contributed by atoms with van der Waals surface area (Å²) in [6.07, 6.45) is 1.62. The van der Waals surface area contributed by atoms with Crippen LogP contribution in [-0.2, 0) is 17.6 Å². The quantitative estimate of drug-likeness (QED) is 0.776. The number of aromatic nitrogens is 1. The molecule has 29 heavy (non-hydrogen) atoms. The van der Waals surface area contributed by atoms with E-state index in [1.165, 1.54) is 0 Å². The monoisotopic (exact) mass is 416 g/mol. The fourth-order valence-electron chi connectivity index (χ4n) is 3.02. The van der Waals surface area contributed by atoms with Crippen molar-refractivity contribution in [3.05, 3.63) is 34.3 Å². The highest BCUT2D eigenvalue weighted by atomic mass is 32.1. The molecular formula is C21H28N4O3S. The minimum atomic E-state index is -0.497. The van der Waals surface area contributed by atoms with E-state index in [2.05, 4.69) is 22.5 Å². The number of anilines is 2. The number of aryl methyl sites for hydroxylation is 1. The summed E-state index contributed by atoms with van der Waals surface area (Å²) in [5, 5.41) is 8.82. The number of urea groups is 1. The van der Waals surface area contributed by atoms with Gasteiger partial charge in [-0.1, -0.05) is 27.7 Å². The summed E-state index contributed by atoms with van der Waals surface area (Å²) < 4.78 is 5.67. The number of thiazole rings is 1. The third-order valence-electron chi connectivity index (χ3n) is 4.54. The van der Waals surface area contributed by atoms with E-state index in [4.69, 9.17) is 4.74 Å². The number of benzene rings is 1. The van der Waals surface area contributed by atoms with Crippen LogP contribution in [0, 0.1) is 5.41 Å². The van der Waals surface area contributed by atoms with Crippen molar-refractivity contribution in [1.29, 1.82) is 0 Å². The Morgan fingerprint density at radius 1 is 1.31 bits per heavy atom. The van der Waals surface area contributed by atoms with Crippen LogP contribution in [0.1, 0.15) is 38.4 Å². The van der Waals surface area contributed by atoms with E-state index in [1.54, 1.807) is 34.4 Å². The Morgan fingerprint density at radius 2 is 2.10 bits per heavy atom. The van der Waals surface area contributed by atoms with Gasteiger partial charge in [-0.05, 0) is 24.6 Å². The first-order chi connectivity index (χ1) is 13.8. The first-order valence-corrected chi connectivity index (χ1v) is 10.7. The second-order valence-electron chi connectivity index (χ2n) is 7.95. The molecular weight excluding hydrogens is 388 g/mol. The molecule has 3 rings (SSSR count). The molecule has 156 valence electrons. The number of carbonyl (C=O) groups excluding carboxylic acids is 2. The lowest BCUT2D eigenvalue weighted by atomic mass is 9.94. The van der Waals surface area contributed by atoms with Crippen LogP contribution in [0.4, 0.5) is 16.2 Å². The lowest BCUT2D eigenvalue weighted by molar-refractivity contribution is -0.126. The minimum absolute atomic E-state index is 0.0263. The Labute approximate surface area is 175 Å². The maximum absolute atomic E-state index is 12.8. The molecule has 0 saturated carbocycles. The van der Waals surface area contributed by atoms with Crippen LogP contribution in [-0.4, -0.2) is 36.6 Å². The van der Waals surface area contributed by atoms with Gasteiger partial charge in [0.25, 0.3) is 0 Å². The smallest absolute Gasteiger partial charge is 0.319 e. The van der Waals surface area contributed by atoms with Crippen LogP contribution < -0.4 is 20.3 Å². The van der Waals surface area contributed by atoms with Gasteiger partial charge in [0.05, 0.1) is 22.9 Å². The third-order valence-corrected chi connectivity index (χ3v) is 5.58. The lowest BCUT2D eigenvalue weighted by Gasteiger charge is -2.34. The molecule has 0 spiro atoms. The summed E-state index contributed by atoms with van der Waals surface area (Å²) in [6.45, 7) is 9.21. The van der Waals surface area contributed by atoms with Crippen molar-refractivity contribution in [2.75, 3.05) is 29.9 Å². The van der Waals surface area contributed by atoms with Gasteiger partial charge in [-0.25, -0.2) is 9.78 Å². The summed E-state index contributed by atoms with van der Waals surface area (Å²) in [6, 6.07) is 5.05. The fourth-order valence-corrected chi connectivity index (χ4v) is 3.80. The second kappa shape index (κ2) is 8.82. The van der Waals surface area contributed by atoms with Crippen molar-refractivity contribution >= 4 is 34.6 Å². The molecule has 0 fully saturated rings. The molecule has 1 aliphatic rings. The van der Waals surface area contributed by atoms with E-state index in [0.29, 0.717) is 43.2 Å². The summed E-state index contributed by atoms with van der Waals surface area (Å²) in [5.41, 5.74) is 1.79. The largest absolute Gasteiger partial charge is 0.490 e. The number of hydrogen-bond donors (Lipinski definition) is 2. The number of hydrogen-bond acceptors (Lipinski definition) is 5. The standard InChI is InChI=1S/C21H28N4O3S/c1-5-18-23-15(13-29-18)8-9-22-20(27)24-14-6-7-17-16(12-14)25(10-11-28-17)19(26)21(2,3)4/h6-7,12-13H,5,8-11H2,1-4H3,(H2,22,24,27). The summed E-state index contributed by atoms with van der Waals surface area (Å²) in [4.78, 5) is 31.3. The highest BCUT2D eigenvalue weighted by molar-refractivity contribution is 7.09. The Hall–Kier alpha value is -2.61. The van der Waals surface area contributed by atoms with Gasteiger partial charge in [0, 0.05) is 29.4 Å². The third kappa shape index (κ3) is 5.26. The van der Waals surface area contributed by atoms with Crippen molar-refractivity contribution in [2.45, 2.75) is 40.5 Å². The van der Waals surface area contributed by atoms with Crippen molar-refractivity contribution in [3.63, 3.8) is 0 Å². The maximum atomic E-state index is 12.8. The zero-order chi connectivity index (χ0) is 21.0. The first-order valence-electron chi connectivity index (χ1n) is 9.85. The molecule has 0 atom stereocenters. The summed E-state index contributed by atoms with van der Waals surface area (Å²) in [7, 11) is 0. The SMILES string of the molecule is CCc1nc(CCNC(=O)Nc2ccc3c(c2)N(C(=O)C(C)(C)C)CCO3)cs1. The highest BCUT2D eigenvalue weighted by Gasteiger charge is 2.32. The van der Waals surface area contributed by atoms with Crippen LogP contribution in [0.25, 0.3) is 0 Å². The summed E-state index contributed by atoms with van der Waals surface area (Å²) in [5.74, 6) is 0.674. The van der Waals surface area contributed by atoms with E-state index in [0.717, 1.165) is 17.1 Å². The average molecular weight is 417 g/mol. The number of nitrogens with zero attached hydrogens (tertiary/aromatic N) is 2.